The molecule has 4 aromatic rings. The van der Waals surface area contributed by atoms with E-state index in [1.54, 1.807) is 12.3 Å². The van der Waals surface area contributed by atoms with Gasteiger partial charge in [0.25, 0.3) is 5.91 Å². The molecule has 0 aliphatic heterocycles. The van der Waals surface area contributed by atoms with Crippen LogP contribution in [0.15, 0.2) is 54.0 Å². The number of aromatic nitrogens is 3. The second-order valence-corrected chi connectivity index (χ2v) is 6.92. The number of aromatic hydroxyl groups is 1. The van der Waals surface area contributed by atoms with E-state index in [4.69, 9.17) is 5.11 Å². The molecule has 0 fully saturated rings. The Hall–Kier alpha value is -3.85. The number of benzene rings is 2. The van der Waals surface area contributed by atoms with E-state index in [0.29, 0.717) is 21.9 Å². The van der Waals surface area contributed by atoms with Gasteiger partial charge in [0.2, 0.25) is 0 Å². The number of aliphatic carboxylic acids is 1. The van der Waals surface area contributed by atoms with Gasteiger partial charge in [-0.2, -0.15) is 0 Å². The van der Waals surface area contributed by atoms with Crippen molar-refractivity contribution in [3.05, 3.63) is 59.6 Å². The van der Waals surface area contributed by atoms with Gasteiger partial charge in [0, 0.05) is 17.1 Å². The van der Waals surface area contributed by atoms with Crippen molar-refractivity contribution in [2.75, 3.05) is 6.54 Å². The molecule has 29 heavy (non-hydrogen) atoms. The van der Waals surface area contributed by atoms with Crippen LogP contribution in [0.2, 0.25) is 0 Å². The van der Waals surface area contributed by atoms with Crippen molar-refractivity contribution in [1.82, 2.24) is 20.3 Å². The second-order valence-electron chi connectivity index (χ2n) is 6.03. The molecular weight excluding hydrogens is 392 g/mol. The number of carbonyl (C=O) groups is 2. The number of phenolic OH excluding ortho intramolecular Hbond substituents is 1. The molecule has 4 rings (SSSR count). The Kier molecular flexibility index (Phi) is 4.88. The molecule has 2 heterocycles. The summed E-state index contributed by atoms with van der Waals surface area (Å²) < 4.78 is 0. The van der Waals surface area contributed by atoms with Crippen molar-refractivity contribution in [2.45, 2.75) is 0 Å². The molecule has 1 amide bonds. The van der Waals surface area contributed by atoms with Gasteiger partial charge >= 0.3 is 5.97 Å². The van der Waals surface area contributed by atoms with E-state index in [9.17, 15) is 14.7 Å². The van der Waals surface area contributed by atoms with Crippen LogP contribution < -0.4 is 5.32 Å². The quantitative estimate of drug-likeness (QED) is 0.465. The number of thiazole rings is 1. The summed E-state index contributed by atoms with van der Waals surface area (Å²) in [6.45, 7) is -0.579. The van der Waals surface area contributed by atoms with Gasteiger partial charge in [-0.1, -0.05) is 30.3 Å². The molecule has 2 aromatic heterocycles. The summed E-state index contributed by atoms with van der Waals surface area (Å²) in [4.78, 5) is 36.9. The SMILES string of the molecule is O=C(O)CNC(=O)c1c(O)ccc2nc(-c3nccs3)c(-c3ccccc3)nc12. The molecule has 0 spiro atoms. The number of amides is 1. The maximum Gasteiger partial charge on any atom is 0.322 e. The Morgan fingerprint density at radius 3 is 2.52 bits per heavy atom. The topological polar surface area (TPSA) is 125 Å². The Morgan fingerprint density at radius 2 is 1.83 bits per heavy atom. The van der Waals surface area contributed by atoms with E-state index in [0.717, 1.165) is 5.56 Å². The summed E-state index contributed by atoms with van der Waals surface area (Å²) in [5.74, 6) is -2.25. The Balaban J connectivity index is 1.96. The van der Waals surface area contributed by atoms with Gasteiger partial charge in [-0.15, -0.1) is 11.3 Å². The Labute approximate surface area is 168 Å². The molecule has 9 heteroatoms. The number of phenols is 1. The molecule has 0 aliphatic carbocycles. The number of carboxylic acids is 1. The van der Waals surface area contributed by atoms with Gasteiger partial charge < -0.3 is 15.5 Å². The second kappa shape index (κ2) is 7.64. The maximum absolute atomic E-state index is 12.5. The van der Waals surface area contributed by atoms with Crippen LogP contribution in [0.25, 0.3) is 33.0 Å². The number of carboxylic acid groups (broad SMARTS) is 1. The monoisotopic (exact) mass is 406 g/mol. The first-order valence-electron chi connectivity index (χ1n) is 8.53. The summed E-state index contributed by atoms with van der Waals surface area (Å²) in [5.41, 5.74) is 2.26. The van der Waals surface area contributed by atoms with Gasteiger partial charge in [-0.3, -0.25) is 9.59 Å². The van der Waals surface area contributed by atoms with E-state index in [2.05, 4.69) is 20.3 Å². The fourth-order valence-corrected chi connectivity index (χ4v) is 3.49. The Morgan fingerprint density at radius 1 is 1.03 bits per heavy atom. The largest absolute Gasteiger partial charge is 0.507 e. The average Bonchev–Trinajstić information content (AvgIpc) is 3.26. The minimum Gasteiger partial charge on any atom is -0.507 e. The molecule has 0 saturated heterocycles. The molecule has 0 aliphatic rings. The standard InChI is InChI=1S/C20H14N4O4S/c25-13-7-6-12-17(15(13)19(28)22-10-14(26)27)24-16(11-4-2-1-3-5-11)18(23-12)20-21-8-9-29-20/h1-9,25H,10H2,(H,22,28)(H,26,27). The van der Waals surface area contributed by atoms with E-state index >= 15 is 0 Å². The van der Waals surface area contributed by atoms with Crippen molar-refractivity contribution in [2.24, 2.45) is 0 Å². The number of nitrogens with zero attached hydrogens (tertiary/aromatic N) is 3. The van der Waals surface area contributed by atoms with E-state index < -0.39 is 18.4 Å². The number of hydrogen-bond acceptors (Lipinski definition) is 7. The van der Waals surface area contributed by atoms with Gasteiger partial charge in [-0.05, 0) is 12.1 Å². The van der Waals surface area contributed by atoms with Crippen LogP contribution in [0.4, 0.5) is 0 Å². The molecule has 3 N–H and O–H groups in total. The van der Waals surface area contributed by atoms with E-state index in [1.807, 2.05) is 35.7 Å². The zero-order valence-corrected chi connectivity index (χ0v) is 15.7. The number of nitrogens with one attached hydrogen (secondary N) is 1. The number of rotatable bonds is 5. The fraction of sp³-hybridized carbons (Fsp3) is 0.0500. The third kappa shape index (κ3) is 3.63. The van der Waals surface area contributed by atoms with Gasteiger partial charge in [0.15, 0.2) is 0 Å². The van der Waals surface area contributed by atoms with Gasteiger partial charge in [0.1, 0.15) is 34.1 Å². The highest BCUT2D eigenvalue weighted by molar-refractivity contribution is 7.13. The summed E-state index contributed by atoms with van der Waals surface area (Å²) >= 11 is 1.41. The molecular formula is C20H14N4O4S. The smallest absolute Gasteiger partial charge is 0.322 e. The summed E-state index contributed by atoms with van der Waals surface area (Å²) in [7, 11) is 0. The van der Waals surface area contributed by atoms with Crippen molar-refractivity contribution in [1.29, 1.82) is 0 Å². The molecule has 144 valence electrons. The first-order chi connectivity index (χ1) is 14.0. The number of carbonyl (C=O) groups excluding carboxylic acids is 1. The van der Waals surface area contributed by atoms with Crippen molar-refractivity contribution < 1.29 is 19.8 Å². The lowest BCUT2D eigenvalue weighted by atomic mass is 10.1. The lowest BCUT2D eigenvalue weighted by molar-refractivity contribution is -0.135. The van der Waals surface area contributed by atoms with Crippen molar-refractivity contribution in [3.8, 4) is 27.7 Å². The lowest BCUT2D eigenvalue weighted by Crippen LogP contribution is -2.29. The molecule has 8 nitrogen and oxygen atoms in total. The summed E-state index contributed by atoms with van der Waals surface area (Å²) in [5, 5.41) is 23.8. The summed E-state index contributed by atoms with van der Waals surface area (Å²) in [6.07, 6.45) is 1.67. The first-order valence-corrected chi connectivity index (χ1v) is 9.41. The highest BCUT2D eigenvalue weighted by Crippen LogP contribution is 2.34. The summed E-state index contributed by atoms with van der Waals surface area (Å²) in [6, 6.07) is 12.2. The molecule has 0 unspecified atom stereocenters. The molecule has 0 atom stereocenters. The molecule has 2 aromatic carbocycles. The predicted octanol–water partition coefficient (Wildman–Crippen LogP) is 2.94. The first kappa shape index (κ1) is 18.5. The fourth-order valence-electron chi connectivity index (χ4n) is 2.87. The Bertz CT molecular complexity index is 1210. The third-order valence-electron chi connectivity index (χ3n) is 4.12. The maximum atomic E-state index is 12.5. The highest BCUT2D eigenvalue weighted by Gasteiger charge is 2.22. The van der Waals surface area contributed by atoms with Crippen LogP contribution in [0, 0.1) is 0 Å². The molecule has 0 bridgehead atoms. The highest BCUT2D eigenvalue weighted by atomic mass is 32.1. The third-order valence-corrected chi connectivity index (χ3v) is 4.90. The van der Waals surface area contributed by atoms with Crippen LogP contribution >= 0.6 is 11.3 Å². The van der Waals surface area contributed by atoms with Crippen LogP contribution in [0.3, 0.4) is 0 Å². The van der Waals surface area contributed by atoms with Crippen LogP contribution in [-0.4, -0.2) is 43.6 Å². The zero-order valence-electron chi connectivity index (χ0n) is 14.9. The molecule has 0 saturated carbocycles. The van der Waals surface area contributed by atoms with E-state index in [1.165, 1.54) is 17.4 Å². The lowest BCUT2D eigenvalue weighted by Gasteiger charge is -2.12. The normalized spacial score (nSPS) is 10.8. The minimum absolute atomic E-state index is 0.126. The van der Waals surface area contributed by atoms with Crippen LogP contribution in [0.1, 0.15) is 10.4 Å². The minimum atomic E-state index is -1.19. The van der Waals surface area contributed by atoms with Crippen LogP contribution in [-0.2, 0) is 4.79 Å². The zero-order chi connectivity index (χ0) is 20.4. The predicted molar refractivity (Wildman–Crippen MR) is 108 cm³/mol. The van der Waals surface area contributed by atoms with E-state index in [-0.39, 0.29) is 16.8 Å². The molecule has 0 radical (unpaired) electrons. The average molecular weight is 406 g/mol. The number of hydrogen-bond donors (Lipinski definition) is 3. The van der Waals surface area contributed by atoms with Gasteiger partial charge in [0.05, 0.1) is 11.2 Å². The van der Waals surface area contributed by atoms with Crippen molar-refractivity contribution in [3.63, 3.8) is 0 Å². The van der Waals surface area contributed by atoms with Crippen molar-refractivity contribution >= 4 is 34.2 Å². The van der Waals surface area contributed by atoms with Crippen LogP contribution in [0.5, 0.6) is 5.75 Å². The van der Waals surface area contributed by atoms with Gasteiger partial charge in [-0.25, -0.2) is 15.0 Å². The number of fused-ring (bicyclic) bond motifs is 1.